The SMILES string of the molecule is CCOc1cccc(/C=N/Nc2cccc(C)c2)c1O. The van der Waals surface area contributed by atoms with Crippen molar-refractivity contribution in [3.8, 4) is 11.5 Å². The van der Waals surface area contributed by atoms with E-state index < -0.39 is 0 Å². The van der Waals surface area contributed by atoms with Gasteiger partial charge in [-0.1, -0.05) is 18.2 Å². The molecule has 0 spiro atoms. The number of rotatable bonds is 5. The molecule has 0 saturated heterocycles. The van der Waals surface area contributed by atoms with Crippen LogP contribution in [0.25, 0.3) is 0 Å². The molecule has 0 aliphatic rings. The molecule has 0 bridgehead atoms. The van der Waals surface area contributed by atoms with E-state index in [-0.39, 0.29) is 5.75 Å². The number of benzene rings is 2. The number of phenols is 1. The molecule has 104 valence electrons. The second-order valence-electron chi connectivity index (χ2n) is 4.37. The second-order valence-corrected chi connectivity index (χ2v) is 4.37. The van der Waals surface area contributed by atoms with Gasteiger partial charge in [-0.15, -0.1) is 0 Å². The quantitative estimate of drug-likeness (QED) is 0.645. The van der Waals surface area contributed by atoms with Crippen LogP contribution < -0.4 is 10.2 Å². The van der Waals surface area contributed by atoms with E-state index >= 15 is 0 Å². The summed E-state index contributed by atoms with van der Waals surface area (Å²) < 4.78 is 5.33. The zero-order chi connectivity index (χ0) is 14.4. The van der Waals surface area contributed by atoms with Crippen LogP contribution in [0.5, 0.6) is 11.5 Å². The minimum absolute atomic E-state index is 0.101. The Morgan fingerprint density at radius 3 is 2.80 bits per heavy atom. The molecule has 4 heteroatoms. The van der Waals surface area contributed by atoms with Crippen molar-refractivity contribution in [2.24, 2.45) is 5.10 Å². The molecule has 0 radical (unpaired) electrons. The number of aromatic hydroxyl groups is 1. The molecule has 0 unspecified atom stereocenters. The minimum atomic E-state index is 0.101. The molecule has 0 fully saturated rings. The van der Waals surface area contributed by atoms with Crippen molar-refractivity contribution in [1.82, 2.24) is 0 Å². The van der Waals surface area contributed by atoms with Crippen LogP contribution in [0.2, 0.25) is 0 Å². The molecule has 2 aromatic carbocycles. The van der Waals surface area contributed by atoms with Crippen molar-refractivity contribution in [3.05, 3.63) is 53.6 Å². The average Bonchev–Trinajstić information content (AvgIpc) is 2.43. The number of nitrogens with one attached hydrogen (secondary N) is 1. The third kappa shape index (κ3) is 3.51. The van der Waals surface area contributed by atoms with Gasteiger partial charge in [-0.05, 0) is 43.7 Å². The number of para-hydroxylation sites is 1. The molecule has 4 nitrogen and oxygen atoms in total. The van der Waals surface area contributed by atoms with Crippen LogP contribution in [-0.2, 0) is 0 Å². The van der Waals surface area contributed by atoms with Crippen LogP contribution in [0.15, 0.2) is 47.6 Å². The molecule has 0 aromatic heterocycles. The fourth-order valence-corrected chi connectivity index (χ4v) is 1.81. The van der Waals surface area contributed by atoms with E-state index in [4.69, 9.17) is 4.74 Å². The fraction of sp³-hybridized carbons (Fsp3) is 0.188. The Hall–Kier alpha value is -2.49. The molecular weight excluding hydrogens is 252 g/mol. The van der Waals surface area contributed by atoms with Gasteiger partial charge in [-0.25, -0.2) is 0 Å². The predicted molar refractivity (Wildman–Crippen MR) is 81.7 cm³/mol. The summed E-state index contributed by atoms with van der Waals surface area (Å²) in [6, 6.07) is 13.2. The van der Waals surface area contributed by atoms with E-state index in [9.17, 15) is 5.11 Å². The summed E-state index contributed by atoms with van der Waals surface area (Å²) >= 11 is 0. The first-order valence-electron chi connectivity index (χ1n) is 6.51. The molecule has 2 rings (SSSR count). The zero-order valence-electron chi connectivity index (χ0n) is 11.6. The second kappa shape index (κ2) is 6.61. The Labute approximate surface area is 118 Å². The summed E-state index contributed by atoms with van der Waals surface area (Å²) in [4.78, 5) is 0. The molecule has 2 N–H and O–H groups in total. The van der Waals surface area contributed by atoms with E-state index in [0.29, 0.717) is 17.9 Å². The Morgan fingerprint density at radius 2 is 2.05 bits per heavy atom. The first-order valence-corrected chi connectivity index (χ1v) is 6.51. The van der Waals surface area contributed by atoms with Crippen LogP contribution in [0, 0.1) is 6.92 Å². The predicted octanol–water partition coefficient (Wildman–Crippen LogP) is 3.55. The maximum Gasteiger partial charge on any atom is 0.166 e. The van der Waals surface area contributed by atoms with E-state index in [1.165, 1.54) is 0 Å². The van der Waals surface area contributed by atoms with Gasteiger partial charge in [-0.3, -0.25) is 5.43 Å². The smallest absolute Gasteiger partial charge is 0.166 e. The molecule has 0 amide bonds. The molecular formula is C16H18N2O2. The number of hydrazone groups is 1. The van der Waals surface area contributed by atoms with Crippen LogP contribution in [0.3, 0.4) is 0 Å². The summed E-state index contributed by atoms with van der Waals surface area (Å²) in [6.07, 6.45) is 1.57. The lowest BCUT2D eigenvalue weighted by atomic mass is 10.2. The monoisotopic (exact) mass is 270 g/mol. The zero-order valence-corrected chi connectivity index (χ0v) is 11.6. The Kier molecular flexibility index (Phi) is 4.60. The molecule has 0 saturated carbocycles. The molecule has 0 aliphatic carbocycles. The van der Waals surface area contributed by atoms with E-state index in [1.54, 1.807) is 18.3 Å². The Balaban J connectivity index is 2.10. The van der Waals surface area contributed by atoms with Crippen molar-refractivity contribution >= 4 is 11.9 Å². The van der Waals surface area contributed by atoms with Crippen molar-refractivity contribution in [2.45, 2.75) is 13.8 Å². The standard InChI is InChI=1S/C16H18N2O2/c1-3-20-15-9-5-7-13(16(15)19)11-17-18-14-8-4-6-12(2)10-14/h4-11,18-19H,3H2,1-2H3/b17-11+. The van der Waals surface area contributed by atoms with Crippen molar-refractivity contribution in [2.75, 3.05) is 12.0 Å². The lowest BCUT2D eigenvalue weighted by Crippen LogP contribution is -1.95. The maximum atomic E-state index is 10.0. The van der Waals surface area contributed by atoms with E-state index in [0.717, 1.165) is 11.3 Å². The topological polar surface area (TPSA) is 53.8 Å². The van der Waals surface area contributed by atoms with Gasteiger partial charge in [0.25, 0.3) is 0 Å². The van der Waals surface area contributed by atoms with Crippen molar-refractivity contribution in [3.63, 3.8) is 0 Å². The highest BCUT2D eigenvalue weighted by atomic mass is 16.5. The van der Waals surface area contributed by atoms with Gasteiger partial charge in [0.15, 0.2) is 11.5 Å². The van der Waals surface area contributed by atoms with Gasteiger partial charge in [0.05, 0.1) is 18.5 Å². The number of aryl methyl sites for hydroxylation is 1. The van der Waals surface area contributed by atoms with Crippen molar-refractivity contribution in [1.29, 1.82) is 0 Å². The summed E-state index contributed by atoms with van der Waals surface area (Å²) in [6.45, 7) is 4.40. The summed E-state index contributed by atoms with van der Waals surface area (Å²) in [5, 5.41) is 14.1. The lowest BCUT2D eigenvalue weighted by Gasteiger charge is -2.07. The van der Waals surface area contributed by atoms with Gasteiger partial charge in [0.1, 0.15) is 0 Å². The number of anilines is 1. The van der Waals surface area contributed by atoms with Gasteiger partial charge in [0, 0.05) is 5.56 Å². The normalized spacial score (nSPS) is 10.7. The number of ether oxygens (including phenoxy) is 1. The molecule has 0 heterocycles. The van der Waals surface area contributed by atoms with E-state index in [1.807, 2.05) is 44.2 Å². The number of nitrogens with zero attached hydrogens (tertiary/aromatic N) is 1. The highest BCUT2D eigenvalue weighted by molar-refractivity contribution is 5.85. The largest absolute Gasteiger partial charge is 0.504 e. The van der Waals surface area contributed by atoms with Crippen LogP contribution >= 0.6 is 0 Å². The number of phenolic OH excluding ortho intramolecular Hbond substituents is 1. The molecule has 2 aromatic rings. The van der Waals surface area contributed by atoms with E-state index in [2.05, 4.69) is 10.5 Å². The van der Waals surface area contributed by atoms with Crippen LogP contribution in [0.4, 0.5) is 5.69 Å². The lowest BCUT2D eigenvalue weighted by molar-refractivity contribution is 0.318. The third-order valence-electron chi connectivity index (χ3n) is 2.75. The van der Waals surface area contributed by atoms with Crippen LogP contribution in [-0.4, -0.2) is 17.9 Å². The van der Waals surface area contributed by atoms with Crippen molar-refractivity contribution < 1.29 is 9.84 Å². The first kappa shape index (κ1) is 13.9. The third-order valence-corrected chi connectivity index (χ3v) is 2.75. The van der Waals surface area contributed by atoms with Crippen LogP contribution in [0.1, 0.15) is 18.1 Å². The highest BCUT2D eigenvalue weighted by Gasteiger charge is 2.05. The van der Waals surface area contributed by atoms with Gasteiger partial charge < -0.3 is 9.84 Å². The Bertz CT molecular complexity index is 609. The number of hydrogen-bond acceptors (Lipinski definition) is 4. The maximum absolute atomic E-state index is 10.0. The fourth-order valence-electron chi connectivity index (χ4n) is 1.81. The van der Waals surface area contributed by atoms with Gasteiger partial charge >= 0.3 is 0 Å². The Morgan fingerprint density at radius 1 is 1.25 bits per heavy atom. The van der Waals surface area contributed by atoms with Gasteiger partial charge in [0.2, 0.25) is 0 Å². The first-order chi connectivity index (χ1) is 9.70. The summed E-state index contributed by atoms with van der Waals surface area (Å²) in [7, 11) is 0. The number of hydrogen-bond donors (Lipinski definition) is 2. The van der Waals surface area contributed by atoms with Gasteiger partial charge in [-0.2, -0.15) is 5.10 Å². The minimum Gasteiger partial charge on any atom is -0.504 e. The molecule has 0 aliphatic heterocycles. The summed E-state index contributed by atoms with van der Waals surface area (Å²) in [5.74, 6) is 0.566. The highest BCUT2D eigenvalue weighted by Crippen LogP contribution is 2.28. The molecule has 0 atom stereocenters. The average molecular weight is 270 g/mol. The summed E-state index contributed by atoms with van der Waals surface area (Å²) in [5.41, 5.74) is 5.60. The molecule has 20 heavy (non-hydrogen) atoms.